The molecule has 27 heavy (non-hydrogen) atoms. The molecule has 146 valence electrons. The molecule has 0 aromatic carbocycles. The average molecular weight is 372 g/mol. The second-order valence-electron chi connectivity index (χ2n) is 9.86. The van der Waals surface area contributed by atoms with E-state index in [2.05, 4.69) is 6.92 Å². The molecule has 5 aliphatic rings. The molecule has 5 rings (SSSR count). The third kappa shape index (κ3) is 1.73. The normalized spacial score (nSPS) is 55.1. The van der Waals surface area contributed by atoms with E-state index < -0.39 is 23.4 Å². The van der Waals surface area contributed by atoms with Crippen molar-refractivity contribution in [2.75, 3.05) is 6.61 Å². The SMILES string of the molecule is C[C@@H]1C[C@H]2[C@@H]3CCC4=CC(=O)C=C[C@]4(C)[C@]34OC4C[C@]2(C)[C@@]1(O)C(=O)CO. The van der Waals surface area contributed by atoms with Gasteiger partial charge in [-0.05, 0) is 62.5 Å². The highest BCUT2D eigenvalue weighted by atomic mass is 16.6. The second-order valence-corrected chi connectivity index (χ2v) is 9.86. The smallest absolute Gasteiger partial charge is 0.190 e. The molecule has 3 saturated carbocycles. The van der Waals surface area contributed by atoms with Crippen LogP contribution in [0.25, 0.3) is 0 Å². The molecule has 4 fully saturated rings. The van der Waals surface area contributed by atoms with Crippen molar-refractivity contribution in [2.24, 2.45) is 28.6 Å². The largest absolute Gasteiger partial charge is 0.388 e. The molecular formula is C22H28O5. The van der Waals surface area contributed by atoms with Crippen molar-refractivity contribution < 1.29 is 24.5 Å². The molecule has 0 aromatic rings. The van der Waals surface area contributed by atoms with Crippen molar-refractivity contribution in [3.8, 4) is 0 Å². The standard InChI is InChI=1S/C22H28O5/c1-12-8-16-15-5-4-13-9-14(24)6-7-19(13,2)22(15)18(27-22)10-20(16,3)21(12,26)17(25)11-23/h6-7,9,12,15-16,18,23,26H,4-5,8,10-11H2,1-3H3/t12-,15+,16+,18?,19+,20+,21+,22+/m1/s1. The van der Waals surface area contributed by atoms with Gasteiger partial charge in [0.05, 0.1) is 6.10 Å². The molecular weight excluding hydrogens is 344 g/mol. The minimum absolute atomic E-state index is 0.0291. The van der Waals surface area contributed by atoms with Crippen LogP contribution in [0.1, 0.15) is 46.5 Å². The van der Waals surface area contributed by atoms with Gasteiger partial charge in [0.2, 0.25) is 0 Å². The van der Waals surface area contributed by atoms with E-state index in [1.54, 1.807) is 12.2 Å². The van der Waals surface area contributed by atoms with Gasteiger partial charge in [-0.2, -0.15) is 0 Å². The van der Waals surface area contributed by atoms with Gasteiger partial charge in [0.25, 0.3) is 0 Å². The Labute approximate surface area is 159 Å². The number of hydrogen-bond donors (Lipinski definition) is 2. The van der Waals surface area contributed by atoms with Crippen LogP contribution >= 0.6 is 0 Å². The quantitative estimate of drug-likeness (QED) is 0.724. The monoisotopic (exact) mass is 372 g/mol. The predicted molar refractivity (Wildman–Crippen MR) is 97.7 cm³/mol. The fourth-order valence-electron chi connectivity index (χ4n) is 7.70. The van der Waals surface area contributed by atoms with Gasteiger partial charge in [0.15, 0.2) is 11.6 Å². The summed E-state index contributed by atoms with van der Waals surface area (Å²) in [6, 6.07) is 0. The van der Waals surface area contributed by atoms with Crippen LogP contribution in [0.15, 0.2) is 23.8 Å². The fourth-order valence-corrected chi connectivity index (χ4v) is 7.70. The summed E-state index contributed by atoms with van der Waals surface area (Å²) in [5, 5.41) is 21.0. The summed E-state index contributed by atoms with van der Waals surface area (Å²) in [4.78, 5) is 24.5. The Hall–Kier alpha value is -1.30. The maximum atomic E-state index is 12.6. The van der Waals surface area contributed by atoms with Gasteiger partial charge in [0.1, 0.15) is 17.8 Å². The lowest BCUT2D eigenvalue weighted by Crippen LogP contribution is -2.62. The number of allylic oxidation sites excluding steroid dienone is 2. The highest BCUT2D eigenvalue weighted by Gasteiger charge is 2.81. The van der Waals surface area contributed by atoms with Gasteiger partial charge in [-0.3, -0.25) is 9.59 Å². The number of Topliss-reactive ketones (excluding diaryl/α,β-unsaturated/α-hetero) is 1. The number of aliphatic hydroxyl groups excluding tert-OH is 1. The predicted octanol–water partition coefficient (Wildman–Crippen LogP) is 1.96. The Bertz CT molecular complexity index is 814. The van der Waals surface area contributed by atoms with Crippen LogP contribution < -0.4 is 0 Å². The number of ether oxygens (including phenoxy) is 1. The maximum absolute atomic E-state index is 12.6. The van der Waals surface area contributed by atoms with Crippen LogP contribution in [0.3, 0.4) is 0 Å². The number of fused-ring (bicyclic) bond motifs is 3. The zero-order valence-corrected chi connectivity index (χ0v) is 16.2. The van der Waals surface area contributed by atoms with Crippen molar-refractivity contribution >= 4 is 11.6 Å². The van der Waals surface area contributed by atoms with Crippen LogP contribution in [0, 0.1) is 28.6 Å². The second kappa shape index (κ2) is 5.00. The summed E-state index contributed by atoms with van der Waals surface area (Å²) >= 11 is 0. The molecule has 4 aliphatic carbocycles. The molecule has 0 aromatic heterocycles. The molecule has 0 amide bonds. The molecule has 0 bridgehead atoms. The molecule has 1 aliphatic heterocycles. The molecule has 2 N–H and O–H groups in total. The third-order valence-corrected chi connectivity index (χ3v) is 9.08. The van der Waals surface area contributed by atoms with E-state index in [0.717, 1.165) is 24.8 Å². The van der Waals surface area contributed by atoms with Crippen molar-refractivity contribution in [3.05, 3.63) is 23.8 Å². The van der Waals surface area contributed by atoms with E-state index in [4.69, 9.17) is 4.74 Å². The number of rotatable bonds is 2. The molecule has 1 saturated heterocycles. The summed E-state index contributed by atoms with van der Waals surface area (Å²) in [7, 11) is 0. The number of carbonyl (C=O) groups excluding carboxylic acids is 2. The molecule has 0 radical (unpaired) electrons. The van der Waals surface area contributed by atoms with E-state index in [1.165, 1.54) is 0 Å². The first-order valence-corrected chi connectivity index (χ1v) is 10.1. The highest BCUT2D eigenvalue weighted by molar-refractivity contribution is 6.01. The van der Waals surface area contributed by atoms with Gasteiger partial charge in [-0.25, -0.2) is 0 Å². The zero-order chi connectivity index (χ0) is 19.4. The molecule has 1 heterocycles. The van der Waals surface area contributed by atoms with Crippen LogP contribution in [0.4, 0.5) is 0 Å². The first-order valence-electron chi connectivity index (χ1n) is 10.1. The Morgan fingerprint density at radius 3 is 2.78 bits per heavy atom. The van der Waals surface area contributed by atoms with E-state index in [0.29, 0.717) is 6.42 Å². The van der Waals surface area contributed by atoms with Gasteiger partial charge in [-0.1, -0.05) is 25.5 Å². The van der Waals surface area contributed by atoms with Gasteiger partial charge >= 0.3 is 0 Å². The summed E-state index contributed by atoms with van der Waals surface area (Å²) in [5.74, 6) is -0.193. The van der Waals surface area contributed by atoms with E-state index in [9.17, 15) is 19.8 Å². The Morgan fingerprint density at radius 1 is 1.33 bits per heavy atom. The highest BCUT2D eigenvalue weighted by Crippen LogP contribution is 2.76. The third-order valence-electron chi connectivity index (χ3n) is 9.08. The molecule has 5 heteroatoms. The van der Waals surface area contributed by atoms with Crippen molar-refractivity contribution in [1.29, 1.82) is 0 Å². The minimum Gasteiger partial charge on any atom is -0.388 e. The number of hydrogen-bond acceptors (Lipinski definition) is 5. The van der Waals surface area contributed by atoms with Gasteiger partial charge in [0, 0.05) is 10.8 Å². The fraction of sp³-hybridized carbons (Fsp3) is 0.727. The summed E-state index contributed by atoms with van der Waals surface area (Å²) < 4.78 is 6.43. The maximum Gasteiger partial charge on any atom is 0.190 e. The summed E-state index contributed by atoms with van der Waals surface area (Å²) in [6.07, 6.45) is 8.58. The van der Waals surface area contributed by atoms with E-state index >= 15 is 0 Å². The number of ketones is 2. The van der Waals surface area contributed by atoms with E-state index in [1.807, 2.05) is 19.9 Å². The van der Waals surface area contributed by atoms with Gasteiger partial charge in [-0.15, -0.1) is 0 Å². The Balaban J connectivity index is 1.60. The van der Waals surface area contributed by atoms with Gasteiger partial charge < -0.3 is 14.9 Å². The van der Waals surface area contributed by atoms with Crippen LogP contribution in [-0.2, 0) is 14.3 Å². The minimum atomic E-state index is -1.50. The lowest BCUT2D eigenvalue weighted by Gasteiger charge is -2.55. The average Bonchev–Trinajstić information content (AvgIpc) is 3.31. The van der Waals surface area contributed by atoms with Crippen LogP contribution in [0.2, 0.25) is 0 Å². The number of epoxide rings is 1. The number of aliphatic hydroxyl groups is 2. The lowest BCUT2D eigenvalue weighted by atomic mass is 9.46. The lowest BCUT2D eigenvalue weighted by molar-refractivity contribution is -0.165. The molecule has 1 spiro atoms. The van der Waals surface area contributed by atoms with Crippen molar-refractivity contribution in [2.45, 2.75) is 63.8 Å². The zero-order valence-electron chi connectivity index (χ0n) is 16.2. The van der Waals surface area contributed by atoms with Crippen molar-refractivity contribution in [3.63, 3.8) is 0 Å². The molecule has 5 nitrogen and oxygen atoms in total. The van der Waals surface area contributed by atoms with Crippen molar-refractivity contribution in [1.82, 2.24) is 0 Å². The topological polar surface area (TPSA) is 87.1 Å². The molecule has 1 unspecified atom stereocenters. The molecule has 8 atom stereocenters. The number of carbonyl (C=O) groups is 2. The summed E-state index contributed by atoms with van der Waals surface area (Å²) in [6.45, 7) is 5.51. The first kappa shape index (κ1) is 17.8. The first-order chi connectivity index (χ1) is 12.6. The Kier molecular flexibility index (Phi) is 3.29. The summed E-state index contributed by atoms with van der Waals surface area (Å²) in [5.41, 5.74) is -1.55. The Morgan fingerprint density at radius 2 is 2.07 bits per heavy atom. The van der Waals surface area contributed by atoms with Crippen LogP contribution in [0.5, 0.6) is 0 Å². The van der Waals surface area contributed by atoms with Crippen LogP contribution in [-0.4, -0.2) is 45.7 Å². The van der Waals surface area contributed by atoms with E-state index in [-0.39, 0.29) is 40.7 Å².